The van der Waals surface area contributed by atoms with E-state index in [0.717, 1.165) is 100 Å². The van der Waals surface area contributed by atoms with Crippen molar-refractivity contribution < 1.29 is 68.5 Å². The highest BCUT2D eigenvalue weighted by atomic mass is 19.4. The van der Waals surface area contributed by atoms with E-state index in [0.29, 0.717) is 79.5 Å². The van der Waals surface area contributed by atoms with Crippen molar-refractivity contribution in [2.45, 2.75) is 161 Å². The molecule has 8 N–H and O–H groups in total. The minimum Gasteiger partial charge on any atom is -0.480 e. The molecule has 3 unspecified atom stereocenters. The molecule has 6 fully saturated rings. The molecule has 101 heavy (non-hydrogen) atoms. The van der Waals surface area contributed by atoms with Gasteiger partial charge in [0, 0.05) is 161 Å². The number of benzene rings is 3. The molecule has 552 valence electrons. The first-order valence-electron chi connectivity index (χ1n) is 34.7. The summed E-state index contributed by atoms with van der Waals surface area (Å²) in [6, 6.07) is 17.6. The van der Waals surface area contributed by atoms with Crippen molar-refractivity contribution in [1.29, 1.82) is 0 Å². The van der Waals surface area contributed by atoms with Crippen LogP contribution in [0, 0.1) is 29.6 Å². The van der Waals surface area contributed by atoms with Gasteiger partial charge in [-0.1, -0.05) is 20.8 Å². The predicted molar refractivity (Wildman–Crippen MR) is 372 cm³/mol. The molecule has 6 aliphatic heterocycles. The van der Waals surface area contributed by atoms with Gasteiger partial charge in [0.2, 0.25) is 0 Å². The molecule has 9 heterocycles. The molecule has 9 atom stereocenters. The van der Waals surface area contributed by atoms with Gasteiger partial charge < -0.3 is 47.1 Å². The molecule has 3 aromatic carbocycles. The average Bonchev–Trinajstić information content (AvgIpc) is 0.771. The lowest BCUT2D eigenvalue weighted by Crippen LogP contribution is -2.63. The largest absolute Gasteiger partial charge is 0.480 e. The number of carbonyl (C=O) groups is 4. The zero-order valence-corrected chi connectivity index (χ0v) is 58.8. The molecule has 0 spiro atoms. The Morgan fingerprint density at radius 2 is 0.822 bits per heavy atom. The lowest BCUT2D eigenvalue weighted by molar-refractivity contribution is -0.144. The third kappa shape index (κ3) is 19.8. The maximum absolute atomic E-state index is 13.5. The van der Waals surface area contributed by atoms with Crippen LogP contribution in [0.3, 0.4) is 0 Å². The Morgan fingerprint density at radius 3 is 1.14 bits per heavy atom. The Labute approximate surface area is 583 Å². The van der Waals surface area contributed by atoms with Crippen LogP contribution >= 0.6 is 0 Å². The van der Waals surface area contributed by atoms with Crippen molar-refractivity contribution in [3.8, 4) is 0 Å². The summed E-state index contributed by atoms with van der Waals surface area (Å²) < 4.78 is 125. The molecule has 28 heteroatoms. The zero-order chi connectivity index (χ0) is 73.8. The number of nitrogens with two attached hydrogens (primary N) is 3. The summed E-state index contributed by atoms with van der Waals surface area (Å²) in [5.41, 5.74) is 17.3. The number of aliphatic carboxylic acids is 1. The monoisotopic (exact) mass is 1420 g/mol. The zero-order valence-electron chi connectivity index (χ0n) is 58.8. The van der Waals surface area contributed by atoms with Crippen LogP contribution in [0.15, 0.2) is 91.4 Å². The fourth-order valence-electron chi connectivity index (χ4n) is 14.8. The van der Waals surface area contributed by atoms with E-state index in [1.165, 1.54) is 24.7 Å². The fourth-order valence-corrected chi connectivity index (χ4v) is 14.8. The number of ketones is 2. The van der Waals surface area contributed by atoms with Crippen LogP contribution in [0.25, 0.3) is 32.7 Å². The van der Waals surface area contributed by atoms with E-state index in [1.54, 1.807) is 81.1 Å². The highest BCUT2D eigenvalue weighted by Gasteiger charge is 2.41. The minimum atomic E-state index is -4.45. The van der Waals surface area contributed by atoms with Gasteiger partial charge in [0.1, 0.15) is 23.2 Å². The van der Waals surface area contributed by atoms with Gasteiger partial charge in [-0.25, -0.2) is 4.79 Å². The van der Waals surface area contributed by atoms with Gasteiger partial charge in [-0.2, -0.15) is 39.5 Å². The van der Waals surface area contributed by atoms with Crippen LogP contribution in [-0.2, 0) is 37.6 Å². The van der Waals surface area contributed by atoms with Crippen molar-refractivity contribution >= 4 is 73.4 Å². The van der Waals surface area contributed by atoms with Crippen molar-refractivity contribution in [2.75, 3.05) is 93.2 Å². The maximum atomic E-state index is 13.5. The van der Waals surface area contributed by atoms with Crippen molar-refractivity contribution in [3.05, 3.63) is 108 Å². The van der Waals surface area contributed by atoms with E-state index in [2.05, 4.69) is 65.5 Å². The van der Waals surface area contributed by atoms with E-state index in [-0.39, 0.29) is 76.2 Å². The number of carboxylic acid groups (broad SMARTS) is 1. The average molecular weight is 1420 g/mol. The number of aromatic nitrogens is 3. The number of alkyl carbamates (subject to hydrolysis) is 1. The topological polar surface area (TPSA) is 246 Å². The predicted octanol–water partition coefficient (Wildman–Crippen LogP) is 11.5. The fraction of sp³-hybridized carbons (Fsp3) is 0.575. The summed E-state index contributed by atoms with van der Waals surface area (Å²) in [7, 11) is 0. The van der Waals surface area contributed by atoms with Gasteiger partial charge >= 0.3 is 30.6 Å². The summed E-state index contributed by atoms with van der Waals surface area (Å²) in [4.78, 5) is 72.1. The van der Waals surface area contributed by atoms with Gasteiger partial charge in [-0.05, 0) is 163 Å². The van der Waals surface area contributed by atoms with Crippen LogP contribution in [0.2, 0.25) is 0 Å². The lowest BCUT2D eigenvalue weighted by atomic mass is 9.85. The first kappa shape index (κ1) is 77.7. The van der Waals surface area contributed by atoms with E-state index in [4.69, 9.17) is 27.0 Å². The van der Waals surface area contributed by atoms with Gasteiger partial charge in [0.25, 0.3) is 0 Å². The number of carboxylic acids is 1. The molecule has 6 aromatic rings. The molecule has 0 bridgehead atoms. The third-order valence-electron chi connectivity index (χ3n) is 19.8. The number of alkyl halides is 9. The molecule has 12 rings (SSSR count). The number of anilines is 3. The number of hydrogen-bond donors (Lipinski definition) is 5. The summed E-state index contributed by atoms with van der Waals surface area (Å²) in [5, 5.41) is 13.0. The maximum Gasteiger partial charge on any atom is 0.418 e. The Bertz CT molecular complexity index is 3690. The number of rotatable bonds is 14. The van der Waals surface area contributed by atoms with E-state index in [1.807, 2.05) is 13.8 Å². The summed E-state index contributed by atoms with van der Waals surface area (Å²) in [6.07, 6.45) is -5.82. The van der Waals surface area contributed by atoms with E-state index in [9.17, 15) is 58.7 Å². The van der Waals surface area contributed by atoms with Crippen molar-refractivity contribution in [2.24, 2.45) is 46.8 Å². The SMILES string of the molecule is CC(C(=O)C[C@@H]1C[C@H](C)CN(c2ccc(C(F)(F)F)c3ncccc23)C1)N1CC(N)C1.CC(C(=O)C[C@@H]1C[C@H](C)CN(c2ccc(C(F)(F)F)c3ncccc23)C1)N1CC(N)C1.CC(C(=O)O)N1CC(NC(=O)OC(C)(C)C)C1.C[C@H]1C[C@@H](N)CN(c2ccc(C(F)(F)F)c3ncccc23)C1. The molecule has 6 aliphatic rings. The molecule has 0 radical (unpaired) electrons. The number of nitrogens with zero attached hydrogens (tertiary/aromatic N) is 9. The lowest BCUT2D eigenvalue weighted by Gasteiger charge is -2.42. The quantitative estimate of drug-likeness (QED) is 0.0636. The normalized spacial score (nSPS) is 23.2. The molecule has 0 saturated carbocycles. The number of halogens is 9. The molecule has 1 amide bonds. The number of fused-ring (bicyclic) bond motifs is 3. The first-order chi connectivity index (χ1) is 47.3. The number of carbonyl (C=O) groups excluding carboxylic acids is 3. The summed E-state index contributed by atoms with van der Waals surface area (Å²) >= 11 is 0. The van der Waals surface area contributed by atoms with E-state index >= 15 is 0 Å². The number of piperidine rings is 3. The van der Waals surface area contributed by atoms with Crippen LogP contribution in [0.4, 0.5) is 61.4 Å². The second kappa shape index (κ2) is 32.0. The van der Waals surface area contributed by atoms with Gasteiger partial charge in [0.05, 0.1) is 51.4 Å². The Morgan fingerprint density at radius 1 is 0.485 bits per heavy atom. The number of likely N-dealkylation sites (tertiary alicyclic amines) is 3. The number of Topliss-reactive ketones (excluding diaryl/α,β-unsaturated/α-hetero) is 2. The molecular formula is C73H96F9N13O6. The van der Waals surface area contributed by atoms with Crippen LogP contribution in [0.1, 0.15) is 111 Å². The van der Waals surface area contributed by atoms with Crippen LogP contribution in [-0.4, -0.2) is 185 Å². The third-order valence-corrected chi connectivity index (χ3v) is 19.8. The first-order valence-corrected chi connectivity index (χ1v) is 34.7. The van der Waals surface area contributed by atoms with E-state index < -0.39 is 58.9 Å². The second-order valence-electron chi connectivity index (χ2n) is 29.8. The molecule has 6 saturated heterocycles. The smallest absolute Gasteiger partial charge is 0.418 e. The molecule has 0 aliphatic carbocycles. The van der Waals surface area contributed by atoms with Crippen molar-refractivity contribution in [3.63, 3.8) is 0 Å². The second-order valence-corrected chi connectivity index (χ2v) is 29.8. The number of pyridine rings is 3. The Hall–Kier alpha value is -7.50. The van der Waals surface area contributed by atoms with Gasteiger partial charge in [0.15, 0.2) is 0 Å². The number of ether oxygens (including phenoxy) is 1. The summed E-state index contributed by atoms with van der Waals surface area (Å²) in [6.45, 7) is 25.6. The highest BCUT2D eigenvalue weighted by molar-refractivity contribution is 5.96. The van der Waals surface area contributed by atoms with Gasteiger partial charge in [-0.15, -0.1) is 0 Å². The number of amides is 1. The molecule has 3 aromatic heterocycles. The van der Waals surface area contributed by atoms with Crippen molar-refractivity contribution in [1.82, 2.24) is 35.0 Å². The summed E-state index contributed by atoms with van der Waals surface area (Å²) in [5.74, 6) is 1.01. The Kier molecular flexibility index (Phi) is 24.6. The van der Waals surface area contributed by atoms with Crippen LogP contribution < -0.4 is 37.2 Å². The minimum absolute atomic E-state index is 0.000650. The Balaban J connectivity index is 0.000000161. The molecular weight excluding hydrogens is 1330 g/mol. The standard InChI is InChI=1S/2C23H29F3N4O.C16H18F3N3.C11H20N2O4/c2*1-14-8-16(9-21(31)15(2)29-12-17(27)13-29)11-30(10-14)20-6-5-19(23(24,25)26)22-18(20)4-3-7-28-22;1-10-7-11(20)9-22(8-10)14-5-4-13(16(17,18)19)15-12(14)3-2-6-21-15;1-7(9(14)15)13-5-8(6-13)12-10(16)17-11(2,3)4/h2*3-7,14-17H,8-13,27H2,1-2H3;2-6,10-11H,7-9,20H2,1H3;7-8H,5-6H2,1-4H3,(H,12,16)(H,14,15)/t2*14-,15?,16-;10-,11+;/m000./s1. The number of nitrogens with one attached hydrogen (secondary N) is 1. The van der Waals surface area contributed by atoms with Crippen LogP contribution in [0.5, 0.6) is 0 Å². The number of hydrogen-bond acceptors (Lipinski definition) is 17. The highest BCUT2D eigenvalue weighted by Crippen LogP contribution is 2.43. The molecule has 19 nitrogen and oxygen atoms in total. The van der Waals surface area contributed by atoms with Gasteiger partial charge in [-0.3, -0.25) is 44.0 Å².